The van der Waals surface area contributed by atoms with E-state index in [-0.39, 0.29) is 12.7 Å². The van der Waals surface area contributed by atoms with Crippen LogP contribution in [0.3, 0.4) is 0 Å². The van der Waals surface area contributed by atoms with Gasteiger partial charge < -0.3 is 19.3 Å². The molecule has 0 atom stereocenters. The zero-order valence-electron chi connectivity index (χ0n) is 16.7. The minimum absolute atomic E-state index is 0.0286. The molecule has 4 heterocycles. The highest BCUT2D eigenvalue weighted by atomic mass is 16.7. The van der Waals surface area contributed by atoms with Crippen LogP contribution < -0.4 is 14.4 Å². The zero-order valence-corrected chi connectivity index (χ0v) is 16.7. The number of carbonyl (C=O) groups excluding carboxylic acids is 1. The van der Waals surface area contributed by atoms with Gasteiger partial charge in [0.1, 0.15) is 5.52 Å². The fraction of sp³-hybridized carbons (Fsp3) is 0.409. The van der Waals surface area contributed by atoms with Gasteiger partial charge in [0.2, 0.25) is 6.79 Å². The molecule has 3 aromatic rings. The van der Waals surface area contributed by atoms with Gasteiger partial charge in [-0.25, -0.2) is 9.50 Å². The number of aryl methyl sites for hydroxylation is 2. The predicted molar refractivity (Wildman–Crippen MR) is 110 cm³/mol. The average Bonchev–Trinajstić information content (AvgIpc) is 3.42. The molecule has 0 radical (unpaired) electrons. The Morgan fingerprint density at radius 1 is 1.00 bits per heavy atom. The molecule has 8 nitrogen and oxygen atoms in total. The van der Waals surface area contributed by atoms with Gasteiger partial charge in [-0.1, -0.05) is 0 Å². The summed E-state index contributed by atoms with van der Waals surface area (Å²) in [5.41, 5.74) is 4.34. The van der Waals surface area contributed by atoms with Gasteiger partial charge in [0, 0.05) is 49.7 Å². The molecule has 0 spiro atoms. The lowest BCUT2D eigenvalue weighted by Gasteiger charge is -2.35. The topological polar surface area (TPSA) is 72.2 Å². The highest BCUT2D eigenvalue weighted by molar-refractivity contribution is 5.95. The van der Waals surface area contributed by atoms with Crippen molar-refractivity contribution in [2.24, 2.45) is 0 Å². The van der Waals surface area contributed by atoms with Crippen molar-refractivity contribution in [3.63, 3.8) is 0 Å². The molecule has 2 aliphatic heterocycles. The molecule has 1 aliphatic carbocycles. The van der Waals surface area contributed by atoms with E-state index in [1.54, 1.807) is 12.1 Å². The number of aromatic nitrogens is 3. The van der Waals surface area contributed by atoms with Crippen molar-refractivity contribution < 1.29 is 14.3 Å². The van der Waals surface area contributed by atoms with E-state index in [0.717, 1.165) is 37.3 Å². The zero-order chi connectivity index (χ0) is 20.1. The monoisotopic (exact) mass is 405 g/mol. The second kappa shape index (κ2) is 6.90. The maximum Gasteiger partial charge on any atom is 0.254 e. The Kier molecular flexibility index (Phi) is 4.04. The van der Waals surface area contributed by atoms with Crippen LogP contribution in [0.2, 0.25) is 0 Å². The lowest BCUT2D eigenvalue weighted by molar-refractivity contribution is 0.0746. The molecule has 154 valence electrons. The predicted octanol–water partition coefficient (Wildman–Crippen LogP) is 2.30. The third kappa shape index (κ3) is 2.78. The average molecular weight is 405 g/mol. The van der Waals surface area contributed by atoms with Gasteiger partial charge in [0.05, 0.1) is 5.69 Å². The van der Waals surface area contributed by atoms with E-state index in [9.17, 15) is 4.79 Å². The normalized spacial score (nSPS) is 18.0. The van der Waals surface area contributed by atoms with Crippen molar-refractivity contribution in [1.82, 2.24) is 19.5 Å². The third-order valence-corrected chi connectivity index (χ3v) is 6.28. The van der Waals surface area contributed by atoms with Gasteiger partial charge in [-0.15, -0.1) is 0 Å². The number of rotatable bonds is 2. The molecule has 0 saturated carbocycles. The van der Waals surface area contributed by atoms with Crippen molar-refractivity contribution >= 4 is 17.2 Å². The van der Waals surface area contributed by atoms with E-state index < -0.39 is 0 Å². The summed E-state index contributed by atoms with van der Waals surface area (Å²) < 4.78 is 12.7. The van der Waals surface area contributed by atoms with Crippen LogP contribution in [0.4, 0.5) is 5.82 Å². The molecular weight excluding hydrogens is 382 g/mol. The summed E-state index contributed by atoms with van der Waals surface area (Å²) in [4.78, 5) is 21.9. The molecule has 2 aromatic heterocycles. The van der Waals surface area contributed by atoms with Gasteiger partial charge in [-0.05, 0) is 43.9 Å². The fourth-order valence-electron chi connectivity index (χ4n) is 4.71. The van der Waals surface area contributed by atoms with E-state index >= 15 is 0 Å². The van der Waals surface area contributed by atoms with Crippen LogP contribution in [0, 0.1) is 0 Å². The molecule has 3 aliphatic rings. The Hall–Kier alpha value is -3.29. The van der Waals surface area contributed by atoms with Crippen LogP contribution in [0.1, 0.15) is 34.5 Å². The van der Waals surface area contributed by atoms with Gasteiger partial charge in [0.15, 0.2) is 17.3 Å². The molecule has 0 N–H and O–H groups in total. The lowest BCUT2D eigenvalue weighted by atomic mass is 9.97. The SMILES string of the molecule is O=C(c1ccc2c(c1)OCO2)N1CCN(c2nccn3nc4c(c23)CCCC4)CC1. The van der Waals surface area contributed by atoms with Crippen LogP contribution in [0.15, 0.2) is 30.6 Å². The first-order valence-electron chi connectivity index (χ1n) is 10.6. The third-order valence-electron chi connectivity index (χ3n) is 6.28. The van der Waals surface area contributed by atoms with Crippen molar-refractivity contribution in [2.75, 3.05) is 37.9 Å². The van der Waals surface area contributed by atoms with Gasteiger partial charge >= 0.3 is 0 Å². The van der Waals surface area contributed by atoms with Crippen molar-refractivity contribution in [3.05, 3.63) is 47.4 Å². The summed E-state index contributed by atoms with van der Waals surface area (Å²) in [5.74, 6) is 2.35. The van der Waals surface area contributed by atoms with Gasteiger partial charge in [-0.3, -0.25) is 4.79 Å². The molecule has 0 bridgehead atoms. The van der Waals surface area contributed by atoms with Crippen LogP contribution in [0.25, 0.3) is 5.52 Å². The highest BCUT2D eigenvalue weighted by Crippen LogP contribution is 2.33. The van der Waals surface area contributed by atoms with Crippen LogP contribution in [-0.2, 0) is 12.8 Å². The number of benzene rings is 1. The number of nitrogens with zero attached hydrogens (tertiary/aromatic N) is 5. The summed E-state index contributed by atoms with van der Waals surface area (Å²) >= 11 is 0. The first kappa shape index (κ1) is 17.6. The Balaban J connectivity index is 1.22. The largest absolute Gasteiger partial charge is 0.454 e. The van der Waals surface area contributed by atoms with Crippen LogP contribution in [0.5, 0.6) is 11.5 Å². The molecular formula is C22H23N5O3. The smallest absolute Gasteiger partial charge is 0.254 e. The Morgan fingerprint density at radius 2 is 1.83 bits per heavy atom. The molecule has 1 aromatic carbocycles. The molecule has 6 rings (SSSR count). The molecule has 1 amide bonds. The standard InChI is InChI=1S/C22H23N5O3/c28-22(15-5-6-18-19(13-15)30-14-29-18)26-11-9-25(10-12-26)21-20-16-3-1-2-4-17(16)24-27(20)8-7-23-21/h5-8,13H,1-4,9-12,14H2. The molecule has 30 heavy (non-hydrogen) atoms. The number of fused-ring (bicyclic) bond motifs is 4. The number of anilines is 1. The van der Waals surface area contributed by atoms with E-state index in [2.05, 4.69) is 4.90 Å². The first-order chi connectivity index (χ1) is 14.8. The number of hydrogen-bond donors (Lipinski definition) is 0. The van der Waals surface area contributed by atoms with Gasteiger partial charge in [-0.2, -0.15) is 5.10 Å². The van der Waals surface area contributed by atoms with Gasteiger partial charge in [0.25, 0.3) is 5.91 Å². The number of ether oxygens (including phenoxy) is 2. The number of amides is 1. The second-order valence-electron chi connectivity index (χ2n) is 8.02. The quantitative estimate of drug-likeness (QED) is 0.652. The maximum absolute atomic E-state index is 13.0. The second-order valence-corrected chi connectivity index (χ2v) is 8.02. The molecule has 0 unspecified atom stereocenters. The highest BCUT2D eigenvalue weighted by Gasteiger charge is 2.27. The minimum atomic E-state index is 0.0286. The molecule has 1 fully saturated rings. The summed E-state index contributed by atoms with van der Waals surface area (Å²) in [6.45, 7) is 3.03. The number of carbonyl (C=O) groups is 1. The van der Waals surface area contributed by atoms with E-state index in [1.807, 2.05) is 27.9 Å². The van der Waals surface area contributed by atoms with Crippen molar-refractivity contribution in [3.8, 4) is 11.5 Å². The molecule has 1 saturated heterocycles. The first-order valence-corrected chi connectivity index (χ1v) is 10.6. The van der Waals surface area contributed by atoms with Crippen LogP contribution in [-0.4, -0.2) is 58.4 Å². The molecule has 8 heteroatoms. The minimum Gasteiger partial charge on any atom is -0.454 e. The lowest BCUT2D eigenvalue weighted by Crippen LogP contribution is -2.49. The van der Waals surface area contributed by atoms with Crippen molar-refractivity contribution in [2.45, 2.75) is 25.7 Å². The maximum atomic E-state index is 13.0. The van der Waals surface area contributed by atoms with E-state index in [1.165, 1.54) is 24.1 Å². The number of piperazine rings is 1. The Labute approximate surface area is 174 Å². The summed E-state index contributed by atoms with van der Waals surface area (Å²) in [7, 11) is 0. The Morgan fingerprint density at radius 3 is 2.73 bits per heavy atom. The summed E-state index contributed by atoms with van der Waals surface area (Å²) in [6, 6.07) is 5.39. The summed E-state index contributed by atoms with van der Waals surface area (Å²) in [6.07, 6.45) is 8.30. The summed E-state index contributed by atoms with van der Waals surface area (Å²) in [5, 5.41) is 4.78. The van der Waals surface area contributed by atoms with E-state index in [4.69, 9.17) is 19.6 Å². The number of hydrogen-bond acceptors (Lipinski definition) is 6. The van der Waals surface area contributed by atoms with E-state index in [0.29, 0.717) is 30.2 Å². The van der Waals surface area contributed by atoms with Crippen molar-refractivity contribution in [1.29, 1.82) is 0 Å². The van der Waals surface area contributed by atoms with Crippen LogP contribution >= 0.6 is 0 Å². The fourth-order valence-corrected chi connectivity index (χ4v) is 4.71. The Bertz CT molecular complexity index is 1130.